The lowest BCUT2D eigenvalue weighted by molar-refractivity contribution is -0.142. The fourth-order valence-corrected chi connectivity index (χ4v) is 4.52. The number of ether oxygens (including phenoxy) is 1. The van der Waals surface area contributed by atoms with Crippen LogP contribution in [0.4, 0.5) is 0 Å². The van der Waals surface area contributed by atoms with Crippen LogP contribution in [0.2, 0.25) is 0 Å². The average molecular weight is 316 g/mol. The number of fused-ring (bicyclic) bond motifs is 1. The second-order valence-corrected chi connectivity index (χ2v) is 7.18. The number of rotatable bonds is 2. The van der Waals surface area contributed by atoms with Crippen LogP contribution < -0.4 is 0 Å². The number of hydrogen-bond donors (Lipinski definition) is 0. The Morgan fingerprint density at radius 3 is 2.77 bits per heavy atom. The summed E-state index contributed by atoms with van der Waals surface area (Å²) in [5, 5.41) is 1.23. The second-order valence-electron chi connectivity index (χ2n) is 6.12. The van der Waals surface area contributed by atoms with E-state index in [9.17, 15) is 4.79 Å². The Balaban J connectivity index is 1.41. The minimum Gasteiger partial charge on any atom is -0.368 e. The molecule has 0 saturated carbocycles. The van der Waals surface area contributed by atoms with Crippen molar-refractivity contribution in [2.24, 2.45) is 0 Å². The molecule has 2 aliphatic rings. The van der Waals surface area contributed by atoms with Crippen LogP contribution in [0, 0.1) is 0 Å². The van der Waals surface area contributed by atoms with Gasteiger partial charge in [0, 0.05) is 25.6 Å². The molecule has 2 fully saturated rings. The molecular formula is C17H20N2O2S. The van der Waals surface area contributed by atoms with Gasteiger partial charge in [0.05, 0.1) is 15.2 Å². The van der Waals surface area contributed by atoms with Crippen molar-refractivity contribution in [3.05, 3.63) is 29.3 Å². The number of piperidine rings is 1. The molecule has 2 aliphatic heterocycles. The van der Waals surface area contributed by atoms with Crippen LogP contribution >= 0.6 is 11.3 Å². The molecule has 0 N–H and O–H groups in total. The first-order chi connectivity index (χ1) is 10.8. The number of para-hydroxylation sites is 1. The molecule has 2 saturated heterocycles. The third-order valence-electron chi connectivity index (χ3n) is 4.67. The maximum atomic E-state index is 12.4. The SMILES string of the molecule is O=C([C@H]1CCCO1)N1CCC(c2nc3ccccc3s2)CC1. The zero-order valence-electron chi connectivity index (χ0n) is 12.5. The first-order valence-electron chi connectivity index (χ1n) is 8.07. The first-order valence-corrected chi connectivity index (χ1v) is 8.89. The van der Waals surface area contributed by atoms with Gasteiger partial charge in [-0.3, -0.25) is 4.79 Å². The number of amides is 1. The van der Waals surface area contributed by atoms with Crippen molar-refractivity contribution in [1.29, 1.82) is 0 Å². The van der Waals surface area contributed by atoms with Gasteiger partial charge in [0.25, 0.3) is 5.91 Å². The van der Waals surface area contributed by atoms with Gasteiger partial charge < -0.3 is 9.64 Å². The maximum absolute atomic E-state index is 12.4. The highest BCUT2D eigenvalue weighted by molar-refractivity contribution is 7.18. The van der Waals surface area contributed by atoms with Crippen molar-refractivity contribution in [3.63, 3.8) is 0 Å². The molecule has 2 aromatic rings. The van der Waals surface area contributed by atoms with Gasteiger partial charge in [-0.2, -0.15) is 0 Å². The number of aromatic nitrogens is 1. The van der Waals surface area contributed by atoms with Crippen LogP contribution in [0.1, 0.15) is 36.6 Å². The van der Waals surface area contributed by atoms with E-state index in [1.807, 2.05) is 11.0 Å². The number of carbonyl (C=O) groups is 1. The second kappa shape index (κ2) is 5.97. The van der Waals surface area contributed by atoms with E-state index in [-0.39, 0.29) is 12.0 Å². The molecule has 0 unspecified atom stereocenters. The predicted octanol–water partition coefficient (Wildman–Crippen LogP) is 3.18. The summed E-state index contributed by atoms with van der Waals surface area (Å²) in [4.78, 5) is 19.1. The van der Waals surface area contributed by atoms with Gasteiger partial charge in [0.15, 0.2) is 0 Å². The minimum atomic E-state index is -0.181. The van der Waals surface area contributed by atoms with E-state index < -0.39 is 0 Å². The van der Waals surface area contributed by atoms with Gasteiger partial charge in [0.1, 0.15) is 6.10 Å². The third kappa shape index (κ3) is 2.63. The van der Waals surface area contributed by atoms with E-state index in [0.717, 1.165) is 50.9 Å². The molecule has 5 heteroatoms. The van der Waals surface area contributed by atoms with Crippen molar-refractivity contribution in [3.8, 4) is 0 Å². The molecule has 1 amide bonds. The molecule has 4 rings (SSSR count). The molecule has 1 aromatic carbocycles. The van der Waals surface area contributed by atoms with Crippen LogP contribution in [0.25, 0.3) is 10.2 Å². The minimum absolute atomic E-state index is 0.181. The van der Waals surface area contributed by atoms with Crippen LogP contribution in [0.3, 0.4) is 0 Å². The summed E-state index contributed by atoms with van der Waals surface area (Å²) in [6.07, 6.45) is 3.74. The van der Waals surface area contributed by atoms with Crippen molar-refractivity contribution >= 4 is 27.5 Å². The lowest BCUT2D eigenvalue weighted by Gasteiger charge is -2.32. The molecule has 0 spiro atoms. The van der Waals surface area contributed by atoms with E-state index in [1.165, 1.54) is 9.71 Å². The van der Waals surface area contributed by atoms with Gasteiger partial charge in [0.2, 0.25) is 0 Å². The Morgan fingerprint density at radius 1 is 1.23 bits per heavy atom. The lowest BCUT2D eigenvalue weighted by Crippen LogP contribution is -2.43. The van der Waals surface area contributed by atoms with Gasteiger partial charge >= 0.3 is 0 Å². The highest BCUT2D eigenvalue weighted by atomic mass is 32.1. The quantitative estimate of drug-likeness (QED) is 0.854. The highest BCUT2D eigenvalue weighted by Crippen LogP contribution is 2.34. The molecule has 0 aliphatic carbocycles. The van der Waals surface area contributed by atoms with Gasteiger partial charge in [-0.1, -0.05) is 12.1 Å². The highest BCUT2D eigenvalue weighted by Gasteiger charge is 2.31. The standard InChI is InChI=1S/C17H20N2O2S/c20-17(14-5-3-11-21-14)19-9-7-12(8-10-19)16-18-13-4-1-2-6-15(13)22-16/h1-2,4,6,12,14H,3,5,7-11H2/t14-/m1/s1. The Hall–Kier alpha value is -1.46. The number of nitrogens with zero attached hydrogens (tertiary/aromatic N) is 2. The number of thiazole rings is 1. The Kier molecular flexibility index (Phi) is 3.84. The van der Waals surface area contributed by atoms with Gasteiger partial charge in [-0.15, -0.1) is 11.3 Å². The summed E-state index contributed by atoms with van der Waals surface area (Å²) in [7, 11) is 0. The summed E-state index contributed by atoms with van der Waals surface area (Å²) >= 11 is 1.80. The monoisotopic (exact) mass is 316 g/mol. The van der Waals surface area contributed by atoms with Crippen molar-refractivity contribution in [2.45, 2.75) is 37.7 Å². The number of carbonyl (C=O) groups excluding carboxylic acids is 1. The lowest BCUT2D eigenvalue weighted by atomic mass is 9.97. The van der Waals surface area contributed by atoms with Crippen molar-refractivity contribution in [1.82, 2.24) is 9.88 Å². The smallest absolute Gasteiger partial charge is 0.251 e. The molecule has 1 aromatic heterocycles. The van der Waals surface area contributed by atoms with E-state index in [1.54, 1.807) is 11.3 Å². The van der Waals surface area contributed by atoms with E-state index in [0.29, 0.717) is 5.92 Å². The van der Waals surface area contributed by atoms with E-state index in [4.69, 9.17) is 9.72 Å². The molecule has 0 bridgehead atoms. The number of benzene rings is 1. The van der Waals surface area contributed by atoms with Crippen LogP contribution in [0.5, 0.6) is 0 Å². The maximum Gasteiger partial charge on any atom is 0.251 e. The molecule has 1 atom stereocenters. The van der Waals surface area contributed by atoms with Crippen molar-refractivity contribution in [2.75, 3.05) is 19.7 Å². The Morgan fingerprint density at radius 2 is 2.05 bits per heavy atom. The molecule has 4 nitrogen and oxygen atoms in total. The zero-order valence-corrected chi connectivity index (χ0v) is 13.3. The molecular weight excluding hydrogens is 296 g/mol. The molecule has 3 heterocycles. The first kappa shape index (κ1) is 14.2. The van der Waals surface area contributed by atoms with Crippen LogP contribution in [-0.4, -0.2) is 41.6 Å². The average Bonchev–Trinajstić information content (AvgIpc) is 3.23. The van der Waals surface area contributed by atoms with Crippen LogP contribution in [-0.2, 0) is 9.53 Å². The summed E-state index contributed by atoms with van der Waals surface area (Å²) in [5.74, 6) is 0.686. The summed E-state index contributed by atoms with van der Waals surface area (Å²) in [6.45, 7) is 2.40. The van der Waals surface area contributed by atoms with E-state index in [2.05, 4.69) is 18.2 Å². The molecule has 0 radical (unpaired) electrons. The molecule has 116 valence electrons. The molecule has 22 heavy (non-hydrogen) atoms. The summed E-state index contributed by atoms with van der Waals surface area (Å²) in [5.41, 5.74) is 1.10. The Bertz CT molecular complexity index is 637. The normalized spacial score (nSPS) is 23.3. The fraction of sp³-hybridized carbons (Fsp3) is 0.529. The summed E-state index contributed by atoms with van der Waals surface area (Å²) < 4.78 is 6.78. The van der Waals surface area contributed by atoms with Crippen molar-refractivity contribution < 1.29 is 9.53 Å². The van der Waals surface area contributed by atoms with E-state index >= 15 is 0 Å². The number of hydrogen-bond acceptors (Lipinski definition) is 4. The van der Waals surface area contributed by atoms with Gasteiger partial charge in [-0.05, 0) is 37.8 Å². The third-order valence-corrected chi connectivity index (χ3v) is 5.87. The topological polar surface area (TPSA) is 42.4 Å². The fourth-order valence-electron chi connectivity index (χ4n) is 3.39. The van der Waals surface area contributed by atoms with Crippen LogP contribution in [0.15, 0.2) is 24.3 Å². The van der Waals surface area contributed by atoms with Gasteiger partial charge in [-0.25, -0.2) is 4.98 Å². The zero-order chi connectivity index (χ0) is 14.9. The summed E-state index contributed by atoms with van der Waals surface area (Å²) in [6, 6.07) is 8.31. The number of likely N-dealkylation sites (tertiary alicyclic amines) is 1. The Labute approximate surface area is 134 Å². The largest absolute Gasteiger partial charge is 0.368 e. The predicted molar refractivity (Wildman–Crippen MR) is 87.1 cm³/mol.